The number of carbonyl (C=O) groups is 2. The number of aliphatic carboxylic acids is 1. The van der Waals surface area contributed by atoms with Crippen molar-refractivity contribution >= 4 is 17.9 Å². The van der Waals surface area contributed by atoms with Crippen LogP contribution >= 0.6 is 0 Å². The van der Waals surface area contributed by atoms with Gasteiger partial charge in [-0.05, 0) is 110 Å². The number of ether oxygens (including phenoxy) is 2. The van der Waals surface area contributed by atoms with Crippen molar-refractivity contribution in [2.75, 3.05) is 59.1 Å². The molecule has 2 N–H and O–H groups in total. The maximum Gasteiger partial charge on any atom is 0.305 e. The fourth-order valence-electron chi connectivity index (χ4n) is 10.8. The summed E-state index contributed by atoms with van der Waals surface area (Å²) in [5.74, 6) is 1.82. The van der Waals surface area contributed by atoms with Crippen molar-refractivity contribution in [1.82, 2.24) is 9.80 Å². The van der Waals surface area contributed by atoms with Gasteiger partial charge >= 0.3 is 11.9 Å². The summed E-state index contributed by atoms with van der Waals surface area (Å²) < 4.78 is 11.4. The number of nitrogens with zero attached hydrogens (tertiary/aromatic N) is 2. The van der Waals surface area contributed by atoms with Crippen molar-refractivity contribution < 1.29 is 34.1 Å². The molecule has 0 amide bonds. The molecule has 0 aromatic heterocycles. The molecular formula is C67H130N2O7. The Morgan fingerprint density at radius 2 is 0.605 bits per heavy atom. The average Bonchev–Trinajstić information content (AvgIpc) is 3.41. The zero-order valence-corrected chi connectivity index (χ0v) is 51.0. The van der Waals surface area contributed by atoms with Gasteiger partial charge in [0.1, 0.15) is 0 Å². The minimum atomic E-state index is -0.705. The molecule has 0 aliphatic carbocycles. The molecule has 0 rings (SSSR count). The number of aliphatic hydroxyl groups is 1. The van der Waals surface area contributed by atoms with Crippen molar-refractivity contribution in [2.45, 2.75) is 348 Å². The summed E-state index contributed by atoms with van der Waals surface area (Å²) in [5, 5.41) is 18.5. The molecule has 0 saturated carbocycles. The predicted molar refractivity (Wildman–Crippen MR) is 325 cm³/mol. The summed E-state index contributed by atoms with van der Waals surface area (Å²) >= 11 is 0. The second kappa shape index (κ2) is 63.9. The minimum absolute atomic E-state index is 0.0363. The Balaban J connectivity index is 4.19. The van der Waals surface area contributed by atoms with Gasteiger partial charge in [-0.2, -0.15) is 0 Å². The van der Waals surface area contributed by atoms with Crippen LogP contribution in [0.25, 0.3) is 0 Å². The molecule has 0 saturated heterocycles. The first-order valence-electron chi connectivity index (χ1n) is 33.8. The number of aliphatic hydroxyl groups excluding tert-OH is 1. The van der Waals surface area contributed by atoms with Crippen LogP contribution in [0.1, 0.15) is 348 Å². The van der Waals surface area contributed by atoms with E-state index in [-0.39, 0.29) is 19.0 Å². The first-order valence-corrected chi connectivity index (χ1v) is 33.8. The van der Waals surface area contributed by atoms with Gasteiger partial charge in [-0.25, -0.2) is 4.79 Å². The van der Waals surface area contributed by atoms with Crippen molar-refractivity contribution in [3.05, 3.63) is 5.76 Å². The van der Waals surface area contributed by atoms with Gasteiger partial charge in [0.25, 0.3) is 0 Å². The van der Waals surface area contributed by atoms with Gasteiger partial charge < -0.3 is 29.5 Å². The molecule has 0 fully saturated rings. The fraction of sp³-hybridized carbons (Fsp3) is 0.940. The summed E-state index contributed by atoms with van der Waals surface area (Å²) in [6.45, 7) is 12.3. The van der Waals surface area contributed by atoms with Crippen LogP contribution in [0.2, 0.25) is 0 Å². The van der Waals surface area contributed by atoms with E-state index in [4.69, 9.17) is 14.6 Å². The lowest BCUT2D eigenvalue weighted by Crippen LogP contribution is -2.32. The van der Waals surface area contributed by atoms with Gasteiger partial charge in [0.2, 0.25) is 0 Å². The standard InChI is InChI=1S/C67H130N2O7/c1-3-5-7-9-11-13-15-17-18-19-20-21-22-23-24-25-26-28-30-32-40-50-63-76-67(74)54-43-35-38-46-56-68(55-45-37-34-42-53-66(72)73)59-51-60-69(58-47-48-61-70)57-44-36-33-41-52-65(64-71)75-62-49-39-31-29-27-16-14-12-10-8-6-4-2/h70H,3-63H2,1-2H3,(H,72,73). The molecule has 9 heteroatoms. The smallest absolute Gasteiger partial charge is 0.305 e. The molecular weight excluding hydrogens is 945 g/mol. The molecule has 0 unspecified atom stereocenters. The highest BCUT2D eigenvalue weighted by Gasteiger charge is 2.11. The Bertz CT molecular complexity index is 1230. The van der Waals surface area contributed by atoms with Crippen molar-refractivity contribution in [1.29, 1.82) is 0 Å². The highest BCUT2D eigenvalue weighted by Crippen LogP contribution is 2.18. The van der Waals surface area contributed by atoms with Gasteiger partial charge in [-0.1, -0.05) is 258 Å². The Hall–Kier alpha value is -1.93. The topological polar surface area (TPSA) is 117 Å². The number of esters is 1. The number of rotatable bonds is 66. The van der Waals surface area contributed by atoms with Crippen LogP contribution in [0.4, 0.5) is 0 Å². The number of carboxylic acid groups (broad SMARTS) is 1. The van der Waals surface area contributed by atoms with Crippen molar-refractivity contribution in [3.8, 4) is 0 Å². The maximum absolute atomic E-state index is 12.4. The molecule has 450 valence electrons. The first kappa shape index (κ1) is 74.1. The second-order valence-electron chi connectivity index (χ2n) is 23.3. The van der Waals surface area contributed by atoms with Crippen LogP contribution in [-0.4, -0.2) is 97.0 Å². The lowest BCUT2D eigenvalue weighted by molar-refractivity contribution is -0.144. The van der Waals surface area contributed by atoms with Crippen LogP contribution in [0.3, 0.4) is 0 Å². The predicted octanol–water partition coefficient (Wildman–Crippen LogP) is 19.3. The van der Waals surface area contributed by atoms with E-state index in [0.29, 0.717) is 31.8 Å². The van der Waals surface area contributed by atoms with E-state index in [1.807, 2.05) is 0 Å². The molecule has 9 nitrogen and oxygen atoms in total. The third-order valence-corrected chi connectivity index (χ3v) is 15.8. The van der Waals surface area contributed by atoms with Crippen LogP contribution in [0, 0.1) is 0 Å². The van der Waals surface area contributed by atoms with Crippen LogP contribution in [0.5, 0.6) is 0 Å². The van der Waals surface area contributed by atoms with E-state index < -0.39 is 5.97 Å². The Morgan fingerprint density at radius 3 is 0.947 bits per heavy atom. The van der Waals surface area contributed by atoms with Crippen LogP contribution in [0.15, 0.2) is 5.76 Å². The normalized spacial score (nSPS) is 11.5. The van der Waals surface area contributed by atoms with E-state index >= 15 is 0 Å². The molecule has 76 heavy (non-hydrogen) atoms. The number of unbranched alkanes of at least 4 members (excludes halogenated alkanes) is 42. The van der Waals surface area contributed by atoms with E-state index in [1.54, 1.807) is 0 Å². The molecule has 0 atom stereocenters. The van der Waals surface area contributed by atoms with Crippen LogP contribution < -0.4 is 0 Å². The molecule has 0 bridgehead atoms. The highest BCUT2D eigenvalue weighted by molar-refractivity contribution is 5.69. The summed E-state index contributed by atoms with van der Waals surface area (Å²) in [4.78, 5) is 40.2. The van der Waals surface area contributed by atoms with Gasteiger partial charge in [0.05, 0.1) is 13.2 Å². The number of carbonyl (C=O) groups excluding carboxylic acids is 2. The highest BCUT2D eigenvalue weighted by atomic mass is 16.5. The lowest BCUT2D eigenvalue weighted by atomic mass is 10.0. The van der Waals surface area contributed by atoms with E-state index in [9.17, 15) is 19.5 Å². The number of allylic oxidation sites excluding steroid dienone is 1. The summed E-state index contributed by atoms with van der Waals surface area (Å²) in [6, 6.07) is 0. The molecule has 0 radical (unpaired) electrons. The molecule has 0 aromatic carbocycles. The maximum atomic E-state index is 12.4. The van der Waals surface area contributed by atoms with Crippen LogP contribution in [-0.2, 0) is 23.9 Å². The van der Waals surface area contributed by atoms with E-state index in [0.717, 1.165) is 155 Å². The second-order valence-corrected chi connectivity index (χ2v) is 23.3. The lowest BCUT2D eigenvalue weighted by Gasteiger charge is -2.26. The minimum Gasteiger partial charge on any atom is -0.487 e. The van der Waals surface area contributed by atoms with Gasteiger partial charge in [0, 0.05) is 25.9 Å². The summed E-state index contributed by atoms with van der Waals surface area (Å²) in [6.07, 6.45) is 62.8. The van der Waals surface area contributed by atoms with Crippen molar-refractivity contribution in [3.63, 3.8) is 0 Å². The quantitative estimate of drug-likeness (QED) is 0.0266. The average molecular weight is 1080 g/mol. The first-order chi connectivity index (χ1) is 37.5. The van der Waals surface area contributed by atoms with Gasteiger partial charge in [0.15, 0.2) is 11.7 Å². The van der Waals surface area contributed by atoms with Gasteiger partial charge in [-0.3, -0.25) is 9.59 Å². The molecule has 0 spiro atoms. The number of hydrogen-bond donors (Lipinski definition) is 2. The Kier molecular flexibility index (Phi) is 62.3. The van der Waals surface area contributed by atoms with E-state index in [1.165, 1.54) is 199 Å². The Labute approximate surface area is 472 Å². The number of carboxylic acids is 1. The monoisotopic (exact) mass is 1070 g/mol. The zero-order valence-electron chi connectivity index (χ0n) is 51.0. The fourth-order valence-corrected chi connectivity index (χ4v) is 10.8. The zero-order chi connectivity index (χ0) is 55.1. The third kappa shape index (κ3) is 59.7. The largest absolute Gasteiger partial charge is 0.487 e. The molecule has 0 aliphatic rings. The van der Waals surface area contributed by atoms with Gasteiger partial charge in [-0.15, -0.1) is 0 Å². The molecule has 0 aliphatic heterocycles. The third-order valence-electron chi connectivity index (χ3n) is 15.8. The SMILES string of the molecule is CCCCCCCCCCCCCCCCCCCCCCCCOC(=O)CCCCCCN(CCCCCCC(=O)O)CCCN(CCCCO)CCCCCCC(=C=O)OCCCCCCCCCCCCCC. The summed E-state index contributed by atoms with van der Waals surface area (Å²) in [5.41, 5.74) is 0. The number of hydrogen-bond acceptors (Lipinski definition) is 8. The van der Waals surface area contributed by atoms with E-state index in [2.05, 4.69) is 29.6 Å². The summed E-state index contributed by atoms with van der Waals surface area (Å²) in [7, 11) is 0. The molecule has 0 heterocycles. The van der Waals surface area contributed by atoms with Crippen molar-refractivity contribution in [2.24, 2.45) is 0 Å². The Morgan fingerprint density at radius 1 is 0.329 bits per heavy atom. The molecule has 0 aromatic rings.